The number of rotatable bonds is 3. The summed E-state index contributed by atoms with van der Waals surface area (Å²) in [6, 6.07) is 4.58. The SMILES string of the molecule is O=C(Cc1c(F)cccc1Cl)N[C@@H]1CCCNC1. The average molecular weight is 271 g/mol. The maximum atomic E-state index is 13.5. The quantitative estimate of drug-likeness (QED) is 0.881. The lowest BCUT2D eigenvalue weighted by molar-refractivity contribution is -0.121. The molecule has 1 aromatic carbocycles. The van der Waals surface area contributed by atoms with Crippen LogP contribution >= 0.6 is 11.6 Å². The van der Waals surface area contributed by atoms with Crippen LogP contribution in [0, 0.1) is 5.82 Å². The summed E-state index contributed by atoms with van der Waals surface area (Å²) >= 11 is 5.88. The van der Waals surface area contributed by atoms with E-state index in [1.807, 2.05) is 0 Å². The van der Waals surface area contributed by atoms with Crippen LogP contribution in [0.5, 0.6) is 0 Å². The Balaban J connectivity index is 1.94. The molecule has 1 saturated heterocycles. The van der Waals surface area contributed by atoms with Crippen molar-refractivity contribution in [2.24, 2.45) is 0 Å². The second-order valence-corrected chi connectivity index (χ2v) is 4.89. The van der Waals surface area contributed by atoms with Crippen LogP contribution < -0.4 is 10.6 Å². The van der Waals surface area contributed by atoms with Gasteiger partial charge in [0.05, 0.1) is 6.42 Å². The molecule has 0 unspecified atom stereocenters. The van der Waals surface area contributed by atoms with Crippen LogP contribution in [0.1, 0.15) is 18.4 Å². The Morgan fingerprint density at radius 2 is 2.39 bits per heavy atom. The molecule has 5 heteroatoms. The fraction of sp³-hybridized carbons (Fsp3) is 0.462. The lowest BCUT2D eigenvalue weighted by atomic mass is 10.1. The van der Waals surface area contributed by atoms with E-state index in [0.29, 0.717) is 5.02 Å². The lowest BCUT2D eigenvalue weighted by Crippen LogP contribution is -2.46. The van der Waals surface area contributed by atoms with Crippen LogP contribution in [0.15, 0.2) is 18.2 Å². The van der Waals surface area contributed by atoms with Crippen molar-refractivity contribution in [2.45, 2.75) is 25.3 Å². The molecule has 2 rings (SSSR count). The second-order valence-electron chi connectivity index (χ2n) is 4.49. The Hall–Kier alpha value is -1.13. The molecule has 3 nitrogen and oxygen atoms in total. The summed E-state index contributed by atoms with van der Waals surface area (Å²) in [6.45, 7) is 1.77. The third-order valence-electron chi connectivity index (χ3n) is 3.06. The average Bonchev–Trinajstić information content (AvgIpc) is 2.35. The first-order valence-corrected chi connectivity index (χ1v) is 6.47. The molecule has 1 amide bonds. The zero-order chi connectivity index (χ0) is 13.0. The summed E-state index contributed by atoms with van der Waals surface area (Å²) in [7, 11) is 0. The van der Waals surface area contributed by atoms with Gasteiger partial charge in [-0.3, -0.25) is 4.79 Å². The molecule has 1 heterocycles. The molecule has 1 fully saturated rings. The van der Waals surface area contributed by atoms with Crippen LogP contribution in [-0.2, 0) is 11.2 Å². The molecule has 18 heavy (non-hydrogen) atoms. The van der Waals surface area contributed by atoms with Gasteiger partial charge < -0.3 is 10.6 Å². The van der Waals surface area contributed by atoms with Crippen molar-refractivity contribution in [1.29, 1.82) is 0 Å². The molecule has 0 saturated carbocycles. The van der Waals surface area contributed by atoms with E-state index in [0.717, 1.165) is 25.9 Å². The lowest BCUT2D eigenvalue weighted by Gasteiger charge is -2.23. The first-order valence-electron chi connectivity index (χ1n) is 6.10. The molecule has 1 aliphatic rings. The fourth-order valence-corrected chi connectivity index (χ4v) is 2.35. The maximum absolute atomic E-state index is 13.5. The van der Waals surface area contributed by atoms with Gasteiger partial charge in [0.2, 0.25) is 5.91 Å². The summed E-state index contributed by atoms with van der Waals surface area (Å²) < 4.78 is 13.5. The number of halogens is 2. The monoisotopic (exact) mass is 270 g/mol. The highest BCUT2D eigenvalue weighted by Gasteiger charge is 2.17. The van der Waals surface area contributed by atoms with Gasteiger partial charge in [-0.05, 0) is 31.5 Å². The Morgan fingerprint density at radius 1 is 1.56 bits per heavy atom. The number of nitrogens with one attached hydrogen (secondary N) is 2. The molecule has 1 aliphatic heterocycles. The molecule has 0 aromatic heterocycles. The van der Waals surface area contributed by atoms with Gasteiger partial charge in [-0.25, -0.2) is 4.39 Å². The first kappa shape index (κ1) is 13.3. The predicted octanol–water partition coefficient (Wildman–Crippen LogP) is 1.89. The Labute approximate surface area is 111 Å². The summed E-state index contributed by atoms with van der Waals surface area (Å²) in [5.74, 6) is -0.616. The highest BCUT2D eigenvalue weighted by Crippen LogP contribution is 2.19. The van der Waals surface area contributed by atoms with E-state index in [2.05, 4.69) is 10.6 Å². The van der Waals surface area contributed by atoms with Crippen LogP contribution in [0.2, 0.25) is 5.02 Å². The number of piperidine rings is 1. The van der Waals surface area contributed by atoms with Gasteiger partial charge in [-0.15, -0.1) is 0 Å². The van der Waals surface area contributed by atoms with Crippen LogP contribution in [-0.4, -0.2) is 25.0 Å². The standard InChI is InChI=1S/C13H16ClFN2O/c14-11-4-1-5-12(15)10(11)7-13(18)17-9-3-2-6-16-8-9/h1,4-5,9,16H,2-3,6-8H2,(H,17,18)/t9-/m1/s1. The molecular formula is C13H16ClFN2O. The van der Waals surface area contributed by atoms with Crippen LogP contribution in [0.25, 0.3) is 0 Å². The van der Waals surface area contributed by atoms with E-state index in [1.54, 1.807) is 6.07 Å². The van der Waals surface area contributed by atoms with Gasteiger partial charge in [0, 0.05) is 23.2 Å². The minimum Gasteiger partial charge on any atom is -0.352 e. The molecular weight excluding hydrogens is 255 g/mol. The number of hydrogen-bond donors (Lipinski definition) is 2. The Bertz CT molecular complexity index is 413. The molecule has 98 valence electrons. The van der Waals surface area contributed by atoms with Crippen molar-refractivity contribution in [2.75, 3.05) is 13.1 Å². The van der Waals surface area contributed by atoms with Gasteiger partial charge >= 0.3 is 0 Å². The topological polar surface area (TPSA) is 41.1 Å². The van der Waals surface area contributed by atoms with Crippen molar-refractivity contribution in [3.05, 3.63) is 34.6 Å². The summed E-state index contributed by atoms with van der Waals surface area (Å²) in [5.41, 5.74) is 0.264. The van der Waals surface area contributed by atoms with E-state index in [-0.39, 0.29) is 23.9 Å². The van der Waals surface area contributed by atoms with Crippen molar-refractivity contribution in [1.82, 2.24) is 10.6 Å². The highest BCUT2D eigenvalue weighted by molar-refractivity contribution is 6.31. The zero-order valence-corrected chi connectivity index (χ0v) is 10.8. The van der Waals surface area contributed by atoms with E-state index >= 15 is 0 Å². The molecule has 0 radical (unpaired) electrons. The zero-order valence-electron chi connectivity index (χ0n) is 10.0. The Kier molecular flexibility index (Phi) is 4.55. The fourth-order valence-electron chi connectivity index (χ4n) is 2.12. The maximum Gasteiger partial charge on any atom is 0.224 e. The minimum absolute atomic E-state index is 0.0119. The van der Waals surface area contributed by atoms with Crippen LogP contribution in [0.4, 0.5) is 4.39 Å². The minimum atomic E-state index is -0.431. The van der Waals surface area contributed by atoms with E-state index in [1.165, 1.54) is 12.1 Å². The first-order chi connectivity index (χ1) is 8.66. The molecule has 0 aliphatic carbocycles. The predicted molar refractivity (Wildman–Crippen MR) is 69.1 cm³/mol. The summed E-state index contributed by atoms with van der Waals surface area (Å²) in [5, 5.41) is 6.41. The smallest absolute Gasteiger partial charge is 0.224 e. The summed E-state index contributed by atoms with van der Waals surface area (Å²) in [4.78, 5) is 11.8. The number of hydrogen-bond acceptors (Lipinski definition) is 2. The van der Waals surface area contributed by atoms with Gasteiger partial charge in [0.25, 0.3) is 0 Å². The number of benzene rings is 1. The number of amides is 1. The van der Waals surface area contributed by atoms with Crippen LogP contribution in [0.3, 0.4) is 0 Å². The van der Waals surface area contributed by atoms with Gasteiger partial charge in [-0.2, -0.15) is 0 Å². The molecule has 2 N–H and O–H groups in total. The second kappa shape index (κ2) is 6.16. The van der Waals surface area contributed by atoms with Crippen molar-refractivity contribution in [3.63, 3.8) is 0 Å². The number of carbonyl (C=O) groups excluding carboxylic acids is 1. The normalized spacial score (nSPS) is 19.6. The van der Waals surface area contributed by atoms with E-state index in [9.17, 15) is 9.18 Å². The van der Waals surface area contributed by atoms with Crippen molar-refractivity contribution in [3.8, 4) is 0 Å². The van der Waals surface area contributed by atoms with Crippen molar-refractivity contribution >= 4 is 17.5 Å². The highest BCUT2D eigenvalue weighted by atomic mass is 35.5. The Morgan fingerprint density at radius 3 is 3.06 bits per heavy atom. The third kappa shape index (κ3) is 3.43. The largest absolute Gasteiger partial charge is 0.352 e. The molecule has 1 aromatic rings. The number of carbonyl (C=O) groups is 1. The van der Waals surface area contributed by atoms with Gasteiger partial charge in [0.1, 0.15) is 5.82 Å². The summed E-state index contributed by atoms with van der Waals surface area (Å²) in [6.07, 6.45) is 2.00. The van der Waals surface area contributed by atoms with E-state index < -0.39 is 5.82 Å². The molecule has 0 spiro atoms. The molecule has 1 atom stereocenters. The van der Waals surface area contributed by atoms with Crippen molar-refractivity contribution < 1.29 is 9.18 Å². The van der Waals surface area contributed by atoms with Gasteiger partial charge in [-0.1, -0.05) is 17.7 Å². The van der Waals surface area contributed by atoms with E-state index in [4.69, 9.17) is 11.6 Å². The third-order valence-corrected chi connectivity index (χ3v) is 3.42. The van der Waals surface area contributed by atoms with Gasteiger partial charge in [0.15, 0.2) is 0 Å². The molecule has 0 bridgehead atoms.